The first-order valence-electron chi connectivity index (χ1n) is 6.05. The maximum Gasteiger partial charge on any atom is 0.282 e. The fourth-order valence-electron chi connectivity index (χ4n) is 2.29. The van der Waals surface area contributed by atoms with Gasteiger partial charge in [-0.2, -0.15) is 12.8 Å². The number of sulfonamides is 1. The number of hydrogen-bond acceptors (Lipinski definition) is 2. The molecule has 1 heterocycles. The van der Waals surface area contributed by atoms with Crippen LogP contribution in [0.4, 0.5) is 0 Å². The van der Waals surface area contributed by atoms with Crippen molar-refractivity contribution in [2.75, 3.05) is 0 Å². The third-order valence-electron chi connectivity index (χ3n) is 3.19. The summed E-state index contributed by atoms with van der Waals surface area (Å²) in [5.41, 5.74) is 3.36. The second kappa shape index (κ2) is 4.31. The van der Waals surface area contributed by atoms with E-state index in [1.807, 2.05) is 43.3 Å². The molecule has 19 heavy (non-hydrogen) atoms. The Morgan fingerprint density at radius 2 is 1.79 bits per heavy atom. The molecule has 0 bridgehead atoms. The molecule has 2 aromatic carbocycles. The Labute approximate surface area is 112 Å². The van der Waals surface area contributed by atoms with E-state index in [1.54, 1.807) is 12.1 Å². The normalized spacial score (nSPS) is 16.6. The molecule has 0 atom stereocenters. The van der Waals surface area contributed by atoms with Gasteiger partial charge in [0.25, 0.3) is 10.0 Å². The van der Waals surface area contributed by atoms with Crippen LogP contribution in [0.2, 0.25) is 0 Å². The molecule has 0 unspecified atom stereocenters. The third-order valence-corrected chi connectivity index (χ3v) is 4.60. The molecule has 0 spiro atoms. The lowest BCUT2D eigenvalue weighted by atomic mass is 10.0. The minimum atomic E-state index is -3.57. The molecule has 96 valence electrons. The number of nitrogens with zero attached hydrogens (tertiary/aromatic N) is 1. The minimum absolute atomic E-state index is 0.331. The van der Waals surface area contributed by atoms with E-state index in [0.29, 0.717) is 17.0 Å². The topological polar surface area (TPSA) is 46.5 Å². The third kappa shape index (κ3) is 2.19. The van der Waals surface area contributed by atoms with Gasteiger partial charge in [-0.3, -0.25) is 0 Å². The standard InChI is InChI=1S/C15H13NO2S/c1-11-7-8-15-13(9-11)10-14(16-19(15,17)18)12-5-3-2-4-6-12/h2-9H,10H2,1H3. The fraction of sp³-hybridized carbons (Fsp3) is 0.133. The zero-order valence-electron chi connectivity index (χ0n) is 10.5. The highest BCUT2D eigenvalue weighted by Gasteiger charge is 2.25. The van der Waals surface area contributed by atoms with Crippen LogP contribution in [0.25, 0.3) is 0 Å². The maximum atomic E-state index is 12.2. The van der Waals surface area contributed by atoms with E-state index in [2.05, 4.69) is 4.40 Å². The highest BCUT2D eigenvalue weighted by atomic mass is 32.2. The highest BCUT2D eigenvalue weighted by Crippen LogP contribution is 2.26. The SMILES string of the molecule is Cc1ccc2c(c1)CC(c1ccccc1)=NS2(=O)=O. The van der Waals surface area contributed by atoms with Gasteiger partial charge in [-0.05, 0) is 24.1 Å². The first-order chi connectivity index (χ1) is 9.06. The molecule has 0 radical (unpaired) electrons. The van der Waals surface area contributed by atoms with Gasteiger partial charge in [0.1, 0.15) is 0 Å². The van der Waals surface area contributed by atoms with E-state index in [-0.39, 0.29) is 0 Å². The van der Waals surface area contributed by atoms with Gasteiger partial charge in [-0.1, -0.05) is 48.0 Å². The van der Waals surface area contributed by atoms with Crippen molar-refractivity contribution in [2.45, 2.75) is 18.2 Å². The molecular formula is C15H13NO2S. The minimum Gasteiger partial charge on any atom is -0.199 e. The van der Waals surface area contributed by atoms with Crippen LogP contribution in [-0.4, -0.2) is 14.1 Å². The molecule has 4 heteroatoms. The van der Waals surface area contributed by atoms with Gasteiger partial charge in [0.15, 0.2) is 0 Å². The molecule has 1 aliphatic rings. The van der Waals surface area contributed by atoms with Crippen molar-refractivity contribution < 1.29 is 8.42 Å². The van der Waals surface area contributed by atoms with Gasteiger partial charge in [-0.15, -0.1) is 0 Å². The lowest BCUT2D eigenvalue weighted by Crippen LogP contribution is -2.17. The molecule has 2 aromatic rings. The maximum absolute atomic E-state index is 12.2. The molecule has 0 N–H and O–H groups in total. The van der Waals surface area contributed by atoms with Crippen LogP contribution in [-0.2, 0) is 16.4 Å². The van der Waals surface area contributed by atoms with Gasteiger partial charge in [0.2, 0.25) is 0 Å². The molecule has 3 rings (SSSR count). The summed E-state index contributed by atoms with van der Waals surface area (Å²) < 4.78 is 28.3. The van der Waals surface area contributed by atoms with Crippen molar-refractivity contribution in [2.24, 2.45) is 4.40 Å². The summed E-state index contributed by atoms with van der Waals surface area (Å²) in [4.78, 5) is 0.331. The van der Waals surface area contributed by atoms with E-state index in [4.69, 9.17) is 0 Å². The summed E-state index contributed by atoms with van der Waals surface area (Å²) in [6.45, 7) is 1.96. The Bertz CT molecular complexity index is 762. The Morgan fingerprint density at radius 3 is 2.53 bits per heavy atom. The van der Waals surface area contributed by atoms with Crippen LogP contribution >= 0.6 is 0 Å². The van der Waals surface area contributed by atoms with Gasteiger partial charge in [-0.25, -0.2) is 0 Å². The molecular weight excluding hydrogens is 258 g/mol. The number of benzene rings is 2. The van der Waals surface area contributed by atoms with Crippen molar-refractivity contribution in [1.82, 2.24) is 0 Å². The number of rotatable bonds is 1. The lowest BCUT2D eigenvalue weighted by molar-refractivity contribution is 0.596. The van der Waals surface area contributed by atoms with Crippen molar-refractivity contribution in [3.8, 4) is 0 Å². The number of aryl methyl sites for hydroxylation is 1. The number of fused-ring (bicyclic) bond motifs is 1. The van der Waals surface area contributed by atoms with Gasteiger partial charge < -0.3 is 0 Å². The zero-order chi connectivity index (χ0) is 13.5. The average molecular weight is 271 g/mol. The second-order valence-electron chi connectivity index (χ2n) is 4.67. The van der Waals surface area contributed by atoms with Gasteiger partial charge in [0.05, 0.1) is 10.6 Å². The van der Waals surface area contributed by atoms with Gasteiger partial charge >= 0.3 is 0 Å². The molecule has 0 amide bonds. The smallest absolute Gasteiger partial charge is 0.199 e. The molecule has 0 saturated heterocycles. The lowest BCUT2D eigenvalue weighted by Gasteiger charge is -2.16. The monoisotopic (exact) mass is 271 g/mol. The molecule has 1 aliphatic heterocycles. The summed E-state index contributed by atoms with van der Waals surface area (Å²) in [6.07, 6.45) is 0.556. The van der Waals surface area contributed by atoms with Crippen molar-refractivity contribution >= 4 is 15.7 Å². The van der Waals surface area contributed by atoms with E-state index in [0.717, 1.165) is 16.7 Å². The average Bonchev–Trinajstić information content (AvgIpc) is 2.38. The van der Waals surface area contributed by atoms with Crippen molar-refractivity contribution in [3.05, 3.63) is 65.2 Å². The number of hydrogen-bond donors (Lipinski definition) is 0. The quantitative estimate of drug-likeness (QED) is 0.800. The van der Waals surface area contributed by atoms with E-state index in [1.165, 1.54) is 0 Å². The fourth-order valence-corrected chi connectivity index (χ4v) is 3.55. The summed E-state index contributed by atoms with van der Waals surface area (Å²) in [7, 11) is -3.57. The zero-order valence-corrected chi connectivity index (χ0v) is 11.3. The van der Waals surface area contributed by atoms with Crippen LogP contribution in [0.15, 0.2) is 57.8 Å². The van der Waals surface area contributed by atoms with E-state index < -0.39 is 10.0 Å². The Morgan fingerprint density at radius 1 is 1.05 bits per heavy atom. The van der Waals surface area contributed by atoms with Gasteiger partial charge in [0, 0.05) is 6.42 Å². The second-order valence-corrected chi connectivity index (χ2v) is 6.24. The molecule has 0 fully saturated rings. The molecule has 0 saturated carbocycles. The first-order valence-corrected chi connectivity index (χ1v) is 7.49. The molecule has 0 aromatic heterocycles. The van der Waals surface area contributed by atoms with E-state index >= 15 is 0 Å². The van der Waals surface area contributed by atoms with Crippen LogP contribution in [0.5, 0.6) is 0 Å². The summed E-state index contributed by atoms with van der Waals surface area (Å²) in [5, 5.41) is 0. The first kappa shape index (κ1) is 12.1. The van der Waals surface area contributed by atoms with Crippen LogP contribution in [0.3, 0.4) is 0 Å². The Kier molecular flexibility index (Phi) is 2.75. The summed E-state index contributed by atoms with van der Waals surface area (Å²) >= 11 is 0. The van der Waals surface area contributed by atoms with E-state index in [9.17, 15) is 8.42 Å². The summed E-state index contributed by atoms with van der Waals surface area (Å²) in [5.74, 6) is 0. The van der Waals surface area contributed by atoms with Crippen molar-refractivity contribution in [3.63, 3.8) is 0 Å². The Balaban J connectivity index is 2.16. The molecule has 3 nitrogen and oxygen atoms in total. The van der Waals surface area contributed by atoms with Crippen LogP contribution in [0.1, 0.15) is 16.7 Å². The predicted octanol–water partition coefficient (Wildman–Crippen LogP) is 2.73. The summed E-state index contributed by atoms with van der Waals surface area (Å²) in [6, 6.07) is 14.8. The van der Waals surface area contributed by atoms with Crippen LogP contribution in [0, 0.1) is 6.92 Å². The Hall–Kier alpha value is -1.94. The largest absolute Gasteiger partial charge is 0.282 e. The van der Waals surface area contributed by atoms with Crippen LogP contribution < -0.4 is 0 Å². The molecule has 0 aliphatic carbocycles. The van der Waals surface area contributed by atoms with Crippen molar-refractivity contribution in [1.29, 1.82) is 0 Å². The predicted molar refractivity (Wildman–Crippen MR) is 75.0 cm³/mol. The highest BCUT2D eigenvalue weighted by molar-refractivity contribution is 7.90.